The molecule has 0 spiro atoms. The van der Waals surface area contributed by atoms with E-state index in [2.05, 4.69) is 38.5 Å². The van der Waals surface area contributed by atoms with Gasteiger partial charge in [0.15, 0.2) is 5.11 Å². The summed E-state index contributed by atoms with van der Waals surface area (Å²) in [6, 6.07) is 15.9. The Kier molecular flexibility index (Phi) is 7.18. The molecule has 1 heterocycles. The van der Waals surface area contributed by atoms with Crippen LogP contribution in [0.5, 0.6) is 5.75 Å². The lowest BCUT2D eigenvalue weighted by Crippen LogP contribution is -2.34. The first kappa shape index (κ1) is 21.2. The van der Waals surface area contributed by atoms with Gasteiger partial charge in [-0.1, -0.05) is 12.1 Å². The molecule has 0 unspecified atom stereocenters. The third-order valence-corrected chi connectivity index (χ3v) is 5.51. The molecule has 0 fully saturated rings. The summed E-state index contributed by atoms with van der Waals surface area (Å²) >= 11 is 8.73. The smallest absolute Gasteiger partial charge is 0.265 e. The number of halogens is 1. The van der Waals surface area contributed by atoms with Crippen LogP contribution in [0.1, 0.15) is 20.0 Å². The molecule has 3 rings (SSSR count). The number of anilines is 2. The highest BCUT2D eigenvalue weighted by Crippen LogP contribution is 2.28. The number of benzene rings is 2. The molecule has 0 aliphatic rings. The van der Waals surface area contributed by atoms with E-state index in [4.69, 9.17) is 17.0 Å². The number of carbonyl (C=O) groups excluding carboxylic acids is 2. The molecule has 0 aliphatic heterocycles. The van der Waals surface area contributed by atoms with Gasteiger partial charge < -0.3 is 15.4 Å². The van der Waals surface area contributed by atoms with Crippen LogP contribution in [0, 0.1) is 3.57 Å². The number of methoxy groups -OCH3 is 1. The van der Waals surface area contributed by atoms with E-state index in [9.17, 15) is 9.59 Å². The third-order valence-electron chi connectivity index (χ3n) is 3.77. The van der Waals surface area contributed by atoms with Gasteiger partial charge in [-0.2, -0.15) is 0 Å². The van der Waals surface area contributed by atoms with Crippen LogP contribution in [0.4, 0.5) is 11.4 Å². The van der Waals surface area contributed by atoms with Crippen molar-refractivity contribution >= 4 is 74.4 Å². The Morgan fingerprint density at radius 1 is 1.03 bits per heavy atom. The van der Waals surface area contributed by atoms with Gasteiger partial charge in [-0.25, -0.2) is 0 Å². The van der Waals surface area contributed by atoms with Crippen LogP contribution >= 0.6 is 46.1 Å². The van der Waals surface area contributed by atoms with Crippen molar-refractivity contribution in [3.8, 4) is 5.75 Å². The molecule has 148 valence electrons. The molecular weight excluding hydrogens is 521 g/mol. The lowest BCUT2D eigenvalue weighted by atomic mass is 10.2. The predicted molar refractivity (Wildman–Crippen MR) is 128 cm³/mol. The number of carbonyl (C=O) groups is 2. The maximum atomic E-state index is 12.3. The van der Waals surface area contributed by atoms with E-state index in [0.717, 1.165) is 3.57 Å². The normalized spacial score (nSPS) is 10.1. The molecular formula is C20H16IN3O3S2. The van der Waals surface area contributed by atoms with Crippen molar-refractivity contribution in [2.75, 3.05) is 17.7 Å². The number of thiocarbonyl (C=S) groups is 1. The van der Waals surface area contributed by atoms with Crippen LogP contribution in [0.3, 0.4) is 0 Å². The number of amides is 2. The van der Waals surface area contributed by atoms with Crippen molar-refractivity contribution in [3.63, 3.8) is 0 Å². The first-order chi connectivity index (χ1) is 14.0. The zero-order valence-electron chi connectivity index (χ0n) is 15.2. The Morgan fingerprint density at radius 3 is 2.55 bits per heavy atom. The molecule has 0 radical (unpaired) electrons. The highest BCUT2D eigenvalue weighted by Gasteiger charge is 2.13. The SMILES string of the molecule is COc1cc(NC(=S)NC(=O)c2cccc(I)c2)ccc1NC(=O)c1cccs1. The van der Waals surface area contributed by atoms with Crippen LogP contribution in [0.25, 0.3) is 0 Å². The molecule has 0 bridgehead atoms. The number of ether oxygens (including phenoxy) is 1. The first-order valence-electron chi connectivity index (χ1n) is 8.37. The topological polar surface area (TPSA) is 79.5 Å². The summed E-state index contributed by atoms with van der Waals surface area (Å²) in [5.41, 5.74) is 1.67. The second-order valence-electron chi connectivity index (χ2n) is 5.77. The summed E-state index contributed by atoms with van der Waals surface area (Å²) in [6.45, 7) is 0. The summed E-state index contributed by atoms with van der Waals surface area (Å²) in [5, 5.41) is 10.4. The molecule has 0 saturated heterocycles. The fourth-order valence-electron chi connectivity index (χ4n) is 2.43. The molecule has 9 heteroatoms. The van der Waals surface area contributed by atoms with Gasteiger partial charge in [0.05, 0.1) is 17.7 Å². The van der Waals surface area contributed by atoms with E-state index >= 15 is 0 Å². The summed E-state index contributed by atoms with van der Waals surface area (Å²) in [6.07, 6.45) is 0. The monoisotopic (exact) mass is 537 g/mol. The summed E-state index contributed by atoms with van der Waals surface area (Å²) in [4.78, 5) is 25.1. The van der Waals surface area contributed by atoms with Gasteiger partial charge in [0.25, 0.3) is 11.8 Å². The summed E-state index contributed by atoms with van der Waals surface area (Å²) < 4.78 is 6.32. The maximum absolute atomic E-state index is 12.3. The van der Waals surface area contributed by atoms with Crippen LogP contribution in [-0.4, -0.2) is 24.0 Å². The average molecular weight is 537 g/mol. The Labute approximate surface area is 190 Å². The largest absolute Gasteiger partial charge is 0.494 e. The molecule has 2 aromatic carbocycles. The number of rotatable bonds is 5. The van der Waals surface area contributed by atoms with Gasteiger partial charge in [0.2, 0.25) is 0 Å². The van der Waals surface area contributed by atoms with Gasteiger partial charge in [-0.15, -0.1) is 11.3 Å². The van der Waals surface area contributed by atoms with Crippen molar-refractivity contribution < 1.29 is 14.3 Å². The minimum Gasteiger partial charge on any atom is -0.494 e. The van der Waals surface area contributed by atoms with E-state index < -0.39 is 0 Å². The second-order valence-corrected chi connectivity index (χ2v) is 8.37. The average Bonchev–Trinajstić information content (AvgIpc) is 3.24. The molecule has 3 N–H and O–H groups in total. The van der Waals surface area contributed by atoms with E-state index in [-0.39, 0.29) is 16.9 Å². The van der Waals surface area contributed by atoms with E-state index in [1.165, 1.54) is 18.4 Å². The van der Waals surface area contributed by atoms with Gasteiger partial charge in [0, 0.05) is 20.9 Å². The minimum atomic E-state index is -0.298. The maximum Gasteiger partial charge on any atom is 0.265 e. The zero-order valence-corrected chi connectivity index (χ0v) is 19.0. The lowest BCUT2D eigenvalue weighted by Gasteiger charge is -2.14. The van der Waals surface area contributed by atoms with E-state index in [0.29, 0.717) is 27.6 Å². The predicted octanol–water partition coefficient (Wildman–Crippen LogP) is 4.74. The molecule has 1 aromatic heterocycles. The highest BCUT2D eigenvalue weighted by molar-refractivity contribution is 14.1. The van der Waals surface area contributed by atoms with Crippen LogP contribution < -0.4 is 20.7 Å². The van der Waals surface area contributed by atoms with Crippen molar-refractivity contribution in [1.82, 2.24) is 5.32 Å². The molecule has 0 aliphatic carbocycles. The summed E-state index contributed by atoms with van der Waals surface area (Å²) in [5.74, 6) is -0.0428. The van der Waals surface area contributed by atoms with Gasteiger partial charge in [-0.3, -0.25) is 14.9 Å². The Morgan fingerprint density at radius 2 is 1.86 bits per heavy atom. The van der Waals surface area contributed by atoms with E-state index in [1.54, 1.807) is 42.5 Å². The fourth-order valence-corrected chi connectivity index (χ4v) is 3.80. The number of hydrogen-bond donors (Lipinski definition) is 3. The molecule has 0 atom stereocenters. The quantitative estimate of drug-likeness (QED) is 0.324. The van der Waals surface area contributed by atoms with Crippen molar-refractivity contribution in [2.24, 2.45) is 0 Å². The molecule has 29 heavy (non-hydrogen) atoms. The molecule has 6 nitrogen and oxygen atoms in total. The fraction of sp³-hybridized carbons (Fsp3) is 0.0500. The number of thiophene rings is 1. The van der Waals surface area contributed by atoms with Gasteiger partial charge in [-0.05, 0) is 76.6 Å². The third kappa shape index (κ3) is 5.75. The van der Waals surface area contributed by atoms with Gasteiger partial charge in [0.1, 0.15) is 5.75 Å². The lowest BCUT2D eigenvalue weighted by molar-refractivity contribution is 0.0976. The highest BCUT2D eigenvalue weighted by atomic mass is 127. The summed E-state index contributed by atoms with van der Waals surface area (Å²) in [7, 11) is 1.51. The van der Waals surface area contributed by atoms with Gasteiger partial charge >= 0.3 is 0 Å². The van der Waals surface area contributed by atoms with Crippen LogP contribution in [-0.2, 0) is 0 Å². The second kappa shape index (κ2) is 9.81. The number of nitrogens with one attached hydrogen (secondary N) is 3. The molecule has 0 saturated carbocycles. The van der Waals surface area contributed by atoms with Crippen molar-refractivity contribution in [1.29, 1.82) is 0 Å². The minimum absolute atomic E-state index is 0.159. The Bertz CT molecular complexity index is 1050. The van der Waals surface area contributed by atoms with Crippen LogP contribution in [0.15, 0.2) is 60.0 Å². The molecule has 3 aromatic rings. The van der Waals surface area contributed by atoms with E-state index in [1.807, 2.05) is 17.5 Å². The van der Waals surface area contributed by atoms with Crippen molar-refractivity contribution in [3.05, 3.63) is 74.0 Å². The Balaban J connectivity index is 1.65. The Hall–Kier alpha value is -2.50. The van der Waals surface area contributed by atoms with Crippen LogP contribution in [0.2, 0.25) is 0 Å². The first-order valence-corrected chi connectivity index (χ1v) is 10.7. The van der Waals surface area contributed by atoms with Crippen molar-refractivity contribution in [2.45, 2.75) is 0 Å². The zero-order chi connectivity index (χ0) is 20.8. The standard InChI is InChI=1S/C20H16IN3O3S2/c1-27-16-11-14(7-8-15(16)23-19(26)17-6-3-9-29-17)22-20(28)24-18(25)12-4-2-5-13(21)10-12/h2-11H,1H3,(H,23,26)(H2,22,24,25,28). The number of hydrogen-bond acceptors (Lipinski definition) is 5. The molecule has 2 amide bonds.